The Morgan fingerprint density at radius 3 is 2.09 bits per heavy atom. The van der Waals surface area contributed by atoms with Gasteiger partial charge in [0.1, 0.15) is 0 Å². The van der Waals surface area contributed by atoms with Crippen molar-refractivity contribution in [3.8, 4) is 0 Å². The minimum Gasteiger partial charge on any atom is -0.147 e. The van der Waals surface area contributed by atoms with Crippen molar-refractivity contribution < 1.29 is 22.9 Å². The van der Waals surface area contributed by atoms with Gasteiger partial charge in [-0.05, 0) is 0 Å². The molecule has 0 aromatic heterocycles. The summed E-state index contributed by atoms with van der Waals surface area (Å²) in [7, 11) is 1.76. The average Bonchev–Trinajstić information content (AvgIpc) is 1.91. The van der Waals surface area contributed by atoms with Crippen molar-refractivity contribution in [2.24, 2.45) is 0 Å². The van der Waals surface area contributed by atoms with Crippen LogP contribution in [-0.2, 0) is 22.9 Å². The molecule has 1 nitrogen and oxygen atoms in total. The quantitative estimate of drug-likeness (QED) is 0.702. The van der Waals surface area contributed by atoms with Crippen LogP contribution in [0, 0.1) is 0 Å². The molecule has 0 amide bonds. The van der Waals surface area contributed by atoms with Crippen molar-refractivity contribution in [2.45, 2.75) is 0 Å². The van der Waals surface area contributed by atoms with E-state index in [2.05, 4.69) is 12.1 Å². The molecule has 1 aromatic carbocycles. The SMILES string of the molecule is C[O][Ti][c]1ccccc1.Cl.Cl. The zero-order chi connectivity index (χ0) is 6.53. The number of benzene rings is 1. The monoisotopic (exact) mass is 228 g/mol. The fraction of sp³-hybridized carbons (Fsp3) is 0.143. The molecule has 1 rings (SSSR count). The van der Waals surface area contributed by atoms with Gasteiger partial charge in [-0.3, -0.25) is 0 Å². The van der Waals surface area contributed by atoms with Gasteiger partial charge in [-0.25, -0.2) is 0 Å². The third-order valence-electron chi connectivity index (χ3n) is 0.994. The molecule has 1 aromatic rings. The Kier molecular flexibility index (Phi) is 10.9. The van der Waals surface area contributed by atoms with Gasteiger partial charge >= 0.3 is 64.2 Å². The van der Waals surface area contributed by atoms with Crippen molar-refractivity contribution in [1.29, 1.82) is 0 Å². The molecule has 62 valence electrons. The fourth-order valence-electron chi connectivity index (χ4n) is 0.624. The van der Waals surface area contributed by atoms with E-state index in [9.17, 15) is 0 Å². The Morgan fingerprint density at radius 1 is 1.09 bits per heavy atom. The molecular weight excluding hydrogens is 219 g/mol. The molecule has 0 bridgehead atoms. The van der Waals surface area contributed by atoms with Crippen molar-refractivity contribution in [3.05, 3.63) is 30.3 Å². The van der Waals surface area contributed by atoms with E-state index in [4.69, 9.17) is 3.32 Å². The van der Waals surface area contributed by atoms with Gasteiger partial charge in [0.05, 0.1) is 0 Å². The van der Waals surface area contributed by atoms with Gasteiger partial charge in [0.25, 0.3) is 0 Å². The Balaban J connectivity index is 0. The molecular formula is C7H10Cl2OTi. The molecule has 0 heterocycles. The maximum Gasteiger partial charge on any atom is -0.147 e. The Bertz CT molecular complexity index is 169. The van der Waals surface area contributed by atoms with E-state index >= 15 is 0 Å². The van der Waals surface area contributed by atoms with E-state index in [0.29, 0.717) is 0 Å². The van der Waals surface area contributed by atoms with E-state index in [-0.39, 0.29) is 44.4 Å². The molecule has 0 fully saturated rings. The van der Waals surface area contributed by atoms with Crippen LogP contribution in [0.15, 0.2) is 30.3 Å². The standard InChI is InChI=1S/C6H5.CH3O.2ClH.Ti/c1-2-4-6-5-3-1;1-2;;;/h1-5H;1H3;2*1H;/q;-1;;;+1. The Hall–Kier alpha value is 0.474. The largest absolute Gasteiger partial charge is 0.147 e. The molecule has 0 N–H and O–H groups in total. The average molecular weight is 229 g/mol. The van der Waals surface area contributed by atoms with Crippen molar-refractivity contribution in [2.75, 3.05) is 7.11 Å². The van der Waals surface area contributed by atoms with Gasteiger partial charge in [-0.2, -0.15) is 0 Å². The summed E-state index contributed by atoms with van der Waals surface area (Å²) in [5.74, 6) is 0. The number of hydrogen-bond donors (Lipinski definition) is 0. The van der Waals surface area contributed by atoms with E-state index in [1.165, 1.54) is 3.87 Å². The zero-order valence-electron chi connectivity index (χ0n) is 6.11. The van der Waals surface area contributed by atoms with Crippen LogP contribution < -0.4 is 3.87 Å². The summed E-state index contributed by atoms with van der Waals surface area (Å²) in [5.41, 5.74) is 0. The van der Waals surface area contributed by atoms with Gasteiger partial charge in [-0.15, -0.1) is 24.8 Å². The summed E-state index contributed by atoms with van der Waals surface area (Å²) in [6.07, 6.45) is 0. The second-order valence-corrected chi connectivity index (χ2v) is 3.53. The molecule has 0 atom stereocenters. The summed E-state index contributed by atoms with van der Waals surface area (Å²) in [6.45, 7) is 0. The second-order valence-electron chi connectivity index (χ2n) is 1.67. The summed E-state index contributed by atoms with van der Waals surface area (Å²) in [4.78, 5) is 0. The zero-order valence-corrected chi connectivity index (χ0v) is 9.31. The third kappa shape index (κ3) is 5.71. The molecule has 0 aliphatic carbocycles. The maximum absolute atomic E-state index is 5.05. The van der Waals surface area contributed by atoms with Crippen LogP contribution in [0.4, 0.5) is 0 Å². The molecule has 0 aliphatic heterocycles. The molecule has 4 heteroatoms. The van der Waals surface area contributed by atoms with Crippen LogP contribution >= 0.6 is 24.8 Å². The van der Waals surface area contributed by atoms with Gasteiger partial charge < -0.3 is 0 Å². The van der Waals surface area contributed by atoms with Crippen LogP contribution in [0.2, 0.25) is 0 Å². The molecule has 11 heavy (non-hydrogen) atoms. The van der Waals surface area contributed by atoms with E-state index < -0.39 is 0 Å². The van der Waals surface area contributed by atoms with E-state index in [1.807, 2.05) is 18.2 Å². The predicted molar refractivity (Wildman–Crippen MR) is 47.6 cm³/mol. The molecule has 0 saturated carbocycles. The molecule has 0 radical (unpaired) electrons. The molecule has 0 spiro atoms. The molecule has 0 aliphatic rings. The summed E-state index contributed by atoms with van der Waals surface area (Å²) >= 11 is -0.290. The molecule has 0 unspecified atom stereocenters. The summed E-state index contributed by atoms with van der Waals surface area (Å²) in [6, 6.07) is 10.3. The van der Waals surface area contributed by atoms with Crippen molar-refractivity contribution >= 4 is 28.7 Å². The Labute approximate surface area is 88.7 Å². The third-order valence-corrected chi connectivity index (χ3v) is 2.20. The summed E-state index contributed by atoms with van der Waals surface area (Å²) in [5, 5.41) is 0. The molecule has 0 saturated heterocycles. The topological polar surface area (TPSA) is 9.23 Å². The smallest absolute Gasteiger partial charge is 0.147 e. The minimum atomic E-state index is -0.290. The first-order chi connectivity index (χ1) is 4.43. The van der Waals surface area contributed by atoms with Crippen LogP contribution in [0.3, 0.4) is 0 Å². The van der Waals surface area contributed by atoms with Crippen molar-refractivity contribution in [3.63, 3.8) is 0 Å². The first kappa shape index (κ1) is 14.0. The van der Waals surface area contributed by atoms with Gasteiger partial charge in [0.2, 0.25) is 0 Å². The van der Waals surface area contributed by atoms with Gasteiger partial charge in [0.15, 0.2) is 0 Å². The number of rotatable bonds is 2. The van der Waals surface area contributed by atoms with Crippen LogP contribution in [-0.4, -0.2) is 7.11 Å². The normalized spacial score (nSPS) is 7.36. The number of hydrogen-bond acceptors (Lipinski definition) is 1. The first-order valence-corrected chi connectivity index (χ1v) is 4.19. The van der Waals surface area contributed by atoms with Crippen LogP contribution in [0.25, 0.3) is 0 Å². The first-order valence-electron chi connectivity index (χ1n) is 2.77. The second kappa shape index (κ2) is 8.57. The van der Waals surface area contributed by atoms with E-state index in [0.717, 1.165) is 0 Å². The van der Waals surface area contributed by atoms with Gasteiger partial charge in [0, 0.05) is 0 Å². The maximum atomic E-state index is 5.05. The van der Waals surface area contributed by atoms with E-state index in [1.54, 1.807) is 7.11 Å². The van der Waals surface area contributed by atoms with Crippen LogP contribution in [0.5, 0.6) is 0 Å². The van der Waals surface area contributed by atoms with Gasteiger partial charge in [-0.1, -0.05) is 0 Å². The van der Waals surface area contributed by atoms with Crippen molar-refractivity contribution in [1.82, 2.24) is 0 Å². The van der Waals surface area contributed by atoms with Crippen LogP contribution in [0.1, 0.15) is 0 Å². The number of halogens is 2. The summed E-state index contributed by atoms with van der Waals surface area (Å²) < 4.78 is 6.40. The predicted octanol–water partition coefficient (Wildman–Crippen LogP) is 1.80. The fourth-order valence-corrected chi connectivity index (χ4v) is 1.51. The Morgan fingerprint density at radius 2 is 1.64 bits per heavy atom. The minimum absolute atomic E-state index is 0.